The Labute approximate surface area is 144 Å². The first-order valence-corrected chi connectivity index (χ1v) is 8.22. The van der Waals surface area contributed by atoms with Crippen molar-refractivity contribution in [2.45, 2.75) is 19.5 Å². The largest absolute Gasteiger partial charge is 0.416 e. The molecule has 2 rings (SSSR count). The molecule has 0 unspecified atom stereocenters. The molecular weight excluding hydrogens is 335 g/mol. The second kappa shape index (κ2) is 8.33. The molecule has 1 heterocycles. The van der Waals surface area contributed by atoms with Gasteiger partial charge in [-0.2, -0.15) is 13.2 Å². The Morgan fingerprint density at radius 3 is 2.44 bits per heavy atom. The van der Waals surface area contributed by atoms with Crippen molar-refractivity contribution in [3.63, 3.8) is 0 Å². The first-order chi connectivity index (χ1) is 11.8. The highest BCUT2D eigenvalue weighted by atomic mass is 19.4. The Morgan fingerprint density at radius 2 is 1.84 bits per heavy atom. The highest BCUT2D eigenvalue weighted by Gasteiger charge is 2.30. The number of hydrogen-bond acceptors (Lipinski definition) is 3. The number of amides is 2. The van der Waals surface area contributed by atoms with Crippen LogP contribution in [0.2, 0.25) is 0 Å². The van der Waals surface area contributed by atoms with E-state index in [1.54, 1.807) is 4.90 Å². The van der Waals surface area contributed by atoms with Crippen LogP contribution < -0.4 is 5.32 Å². The summed E-state index contributed by atoms with van der Waals surface area (Å²) in [4.78, 5) is 27.5. The molecule has 1 aromatic rings. The molecular formula is C17H22F3N3O2. The minimum atomic E-state index is -4.41. The number of likely N-dealkylation sites (N-methyl/N-ethyl adjacent to an activating group) is 1. The highest BCUT2D eigenvalue weighted by Crippen LogP contribution is 2.29. The van der Waals surface area contributed by atoms with Gasteiger partial charge in [0.25, 0.3) is 0 Å². The Bertz CT molecular complexity index is 611. The summed E-state index contributed by atoms with van der Waals surface area (Å²) in [6.07, 6.45) is -4.47. The maximum atomic E-state index is 12.7. The molecule has 8 heteroatoms. The molecule has 1 N–H and O–H groups in total. The van der Waals surface area contributed by atoms with Gasteiger partial charge in [0.15, 0.2) is 0 Å². The summed E-state index contributed by atoms with van der Waals surface area (Å²) in [7, 11) is 0. The van der Waals surface area contributed by atoms with Crippen LogP contribution in [0, 0.1) is 0 Å². The molecule has 5 nitrogen and oxygen atoms in total. The summed E-state index contributed by atoms with van der Waals surface area (Å²) < 4.78 is 38.2. The number of nitrogens with one attached hydrogen (secondary N) is 1. The van der Waals surface area contributed by atoms with Crippen molar-refractivity contribution in [2.24, 2.45) is 0 Å². The molecule has 138 valence electrons. The lowest BCUT2D eigenvalue weighted by atomic mass is 10.1. The van der Waals surface area contributed by atoms with Crippen LogP contribution in [0.5, 0.6) is 0 Å². The fourth-order valence-corrected chi connectivity index (χ4v) is 2.76. The molecule has 0 spiro atoms. The minimum absolute atomic E-state index is 0.0498. The molecule has 0 aliphatic carbocycles. The van der Waals surface area contributed by atoms with E-state index in [0.29, 0.717) is 44.8 Å². The number of carbonyl (C=O) groups is 2. The fraction of sp³-hybridized carbons (Fsp3) is 0.529. The molecule has 0 aromatic heterocycles. The highest BCUT2D eigenvalue weighted by molar-refractivity contribution is 5.79. The van der Waals surface area contributed by atoms with E-state index in [9.17, 15) is 22.8 Å². The van der Waals surface area contributed by atoms with E-state index >= 15 is 0 Å². The van der Waals surface area contributed by atoms with Gasteiger partial charge in [-0.3, -0.25) is 14.5 Å². The Kier molecular flexibility index (Phi) is 6.41. The van der Waals surface area contributed by atoms with Crippen LogP contribution >= 0.6 is 0 Å². The van der Waals surface area contributed by atoms with Gasteiger partial charge in [0.2, 0.25) is 11.8 Å². The number of carbonyl (C=O) groups excluding carboxylic acids is 2. The second-order valence-electron chi connectivity index (χ2n) is 5.99. The lowest BCUT2D eigenvalue weighted by molar-refractivity contribution is -0.138. The van der Waals surface area contributed by atoms with Gasteiger partial charge in [0.1, 0.15) is 0 Å². The average Bonchev–Trinajstić information content (AvgIpc) is 2.55. The van der Waals surface area contributed by atoms with E-state index in [0.717, 1.165) is 12.1 Å². The van der Waals surface area contributed by atoms with Gasteiger partial charge in [-0.1, -0.05) is 18.2 Å². The minimum Gasteiger partial charge on any atom is -0.355 e. The monoisotopic (exact) mass is 357 g/mol. The van der Waals surface area contributed by atoms with Gasteiger partial charge >= 0.3 is 6.18 Å². The lowest BCUT2D eigenvalue weighted by Crippen LogP contribution is -2.51. The quantitative estimate of drug-likeness (QED) is 0.870. The standard InChI is InChI=1S/C17H22F3N3O2/c1-2-21-15(24)12-22-6-8-23(9-7-22)16(25)11-13-4-3-5-14(10-13)17(18,19)20/h3-5,10H,2,6-9,11-12H2,1H3,(H,21,24). The summed E-state index contributed by atoms with van der Waals surface area (Å²) in [6, 6.07) is 4.85. The average molecular weight is 357 g/mol. The van der Waals surface area contributed by atoms with Crippen LogP contribution in [-0.4, -0.2) is 60.9 Å². The normalized spacial score (nSPS) is 15.9. The Morgan fingerprint density at radius 1 is 1.16 bits per heavy atom. The van der Waals surface area contributed by atoms with Crippen molar-refractivity contribution in [2.75, 3.05) is 39.3 Å². The van der Waals surface area contributed by atoms with Crippen LogP contribution in [0.25, 0.3) is 0 Å². The van der Waals surface area contributed by atoms with Gasteiger partial charge in [-0.15, -0.1) is 0 Å². The SMILES string of the molecule is CCNC(=O)CN1CCN(C(=O)Cc2cccc(C(F)(F)F)c2)CC1. The predicted octanol–water partition coefficient (Wildman–Crippen LogP) is 1.53. The first-order valence-electron chi connectivity index (χ1n) is 8.22. The number of piperazine rings is 1. The van der Waals surface area contributed by atoms with Gasteiger partial charge in [0.05, 0.1) is 18.5 Å². The third kappa shape index (κ3) is 5.74. The smallest absolute Gasteiger partial charge is 0.355 e. The van der Waals surface area contributed by atoms with Crippen molar-refractivity contribution in [3.8, 4) is 0 Å². The van der Waals surface area contributed by atoms with Crippen LogP contribution in [0.15, 0.2) is 24.3 Å². The second-order valence-corrected chi connectivity index (χ2v) is 5.99. The number of alkyl halides is 3. The molecule has 0 saturated carbocycles. The van der Waals surface area contributed by atoms with E-state index < -0.39 is 11.7 Å². The van der Waals surface area contributed by atoms with Gasteiger partial charge in [-0.05, 0) is 18.6 Å². The van der Waals surface area contributed by atoms with Crippen molar-refractivity contribution in [1.82, 2.24) is 15.1 Å². The summed E-state index contributed by atoms with van der Waals surface area (Å²) in [5.41, 5.74) is -0.394. The third-order valence-electron chi connectivity index (χ3n) is 4.08. The first kappa shape index (κ1) is 19.2. The zero-order valence-electron chi connectivity index (χ0n) is 14.1. The Hall–Kier alpha value is -2.09. The van der Waals surface area contributed by atoms with Gasteiger partial charge in [0, 0.05) is 32.7 Å². The lowest BCUT2D eigenvalue weighted by Gasteiger charge is -2.34. The van der Waals surface area contributed by atoms with Crippen molar-refractivity contribution < 1.29 is 22.8 Å². The molecule has 1 aromatic carbocycles. The molecule has 1 fully saturated rings. The molecule has 1 saturated heterocycles. The maximum Gasteiger partial charge on any atom is 0.416 e. The Balaban J connectivity index is 1.86. The van der Waals surface area contributed by atoms with Crippen LogP contribution in [0.3, 0.4) is 0 Å². The number of hydrogen-bond donors (Lipinski definition) is 1. The molecule has 25 heavy (non-hydrogen) atoms. The topological polar surface area (TPSA) is 52.7 Å². The van der Waals surface area contributed by atoms with E-state index in [1.165, 1.54) is 12.1 Å². The number of rotatable bonds is 5. The maximum absolute atomic E-state index is 12.7. The molecule has 2 amide bonds. The third-order valence-corrected chi connectivity index (χ3v) is 4.08. The zero-order chi connectivity index (χ0) is 18.4. The van der Waals surface area contributed by atoms with Crippen LogP contribution in [0.4, 0.5) is 13.2 Å². The molecule has 0 atom stereocenters. The zero-order valence-corrected chi connectivity index (χ0v) is 14.1. The predicted molar refractivity (Wildman–Crippen MR) is 86.9 cm³/mol. The molecule has 0 bridgehead atoms. The molecule has 1 aliphatic heterocycles. The summed E-state index contributed by atoms with van der Waals surface area (Å²) in [5, 5.41) is 2.72. The molecule has 1 aliphatic rings. The van der Waals surface area contributed by atoms with Crippen molar-refractivity contribution in [1.29, 1.82) is 0 Å². The van der Waals surface area contributed by atoms with Gasteiger partial charge < -0.3 is 10.2 Å². The summed E-state index contributed by atoms with van der Waals surface area (Å²) in [6.45, 7) is 4.81. The van der Waals surface area contributed by atoms with E-state index in [4.69, 9.17) is 0 Å². The van der Waals surface area contributed by atoms with E-state index in [2.05, 4.69) is 5.32 Å². The van der Waals surface area contributed by atoms with Crippen molar-refractivity contribution in [3.05, 3.63) is 35.4 Å². The summed E-state index contributed by atoms with van der Waals surface area (Å²) >= 11 is 0. The van der Waals surface area contributed by atoms with Crippen molar-refractivity contribution >= 4 is 11.8 Å². The van der Waals surface area contributed by atoms with E-state index in [-0.39, 0.29) is 18.2 Å². The number of halogens is 3. The fourth-order valence-electron chi connectivity index (χ4n) is 2.76. The summed E-state index contributed by atoms with van der Waals surface area (Å²) in [5.74, 6) is -0.247. The van der Waals surface area contributed by atoms with Crippen LogP contribution in [-0.2, 0) is 22.2 Å². The van der Waals surface area contributed by atoms with E-state index in [1.807, 2.05) is 11.8 Å². The van der Waals surface area contributed by atoms with Crippen LogP contribution in [0.1, 0.15) is 18.1 Å². The number of nitrogens with zero attached hydrogens (tertiary/aromatic N) is 2. The van der Waals surface area contributed by atoms with Gasteiger partial charge in [-0.25, -0.2) is 0 Å². The molecule has 0 radical (unpaired) electrons. The number of benzene rings is 1.